The maximum Gasteiger partial charge on any atom is 0.147 e. The molecule has 0 rings (SSSR count). The normalized spacial score (nSPS) is 16.9. The first kappa shape index (κ1) is 12.9. The number of hydrogen-bond donors (Lipinski definition) is 2. The fourth-order valence-electron chi connectivity index (χ4n) is 1.16. The smallest absolute Gasteiger partial charge is 0.147 e. The van der Waals surface area contributed by atoms with Crippen LogP contribution in [-0.4, -0.2) is 26.5 Å². The highest BCUT2D eigenvalue weighted by Gasteiger charge is 2.15. The molecule has 0 aliphatic heterocycles. The van der Waals surface area contributed by atoms with Crippen molar-refractivity contribution in [1.29, 1.82) is 0 Å². The molecule has 0 saturated carbocycles. The van der Waals surface area contributed by atoms with Gasteiger partial charge in [0, 0.05) is 12.3 Å². The minimum atomic E-state index is -2.87. The van der Waals surface area contributed by atoms with E-state index in [1.54, 1.807) is 0 Å². The first-order valence-corrected chi connectivity index (χ1v) is 6.60. The first-order valence-electron chi connectivity index (χ1n) is 4.54. The van der Waals surface area contributed by atoms with Gasteiger partial charge in [-0.15, -0.1) is 0 Å². The molecule has 0 aromatic carbocycles. The van der Waals surface area contributed by atoms with Gasteiger partial charge in [0.1, 0.15) is 9.84 Å². The molecule has 2 unspecified atom stereocenters. The highest BCUT2D eigenvalue weighted by atomic mass is 32.2. The molecule has 3 N–H and O–H groups in total. The second-order valence-electron chi connectivity index (χ2n) is 3.58. The Kier molecular flexibility index (Phi) is 5.51. The molecule has 0 aromatic heterocycles. The first-order chi connectivity index (χ1) is 5.90. The third kappa shape index (κ3) is 6.01. The molecule has 5 heteroatoms. The van der Waals surface area contributed by atoms with Crippen molar-refractivity contribution in [2.24, 2.45) is 11.8 Å². The summed E-state index contributed by atoms with van der Waals surface area (Å²) in [5, 5.41) is 0. The van der Waals surface area contributed by atoms with E-state index in [4.69, 9.17) is 5.84 Å². The van der Waals surface area contributed by atoms with Gasteiger partial charge in [-0.05, 0) is 12.3 Å². The lowest BCUT2D eigenvalue weighted by Crippen LogP contribution is -2.40. The van der Waals surface area contributed by atoms with Crippen molar-refractivity contribution < 1.29 is 8.42 Å². The van der Waals surface area contributed by atoms with Crippen LogP contribution in [-0.2, 0) is 9.84 Å². The molecule has 0 aliphatic rings. The van der Waals surface area contributed by atoms with Crippen LogP contribution in [0, 0.1) is 5.92 Å². The number of hydrogen-bond acceptors (Lipinski definition) is 4. The van der Waals surface area contributed by atoms with Crippen molar-refractivity contribution in [2.45, 2.75) is 32.7 Å². The van der Waals surface area contributed by atoms with Crippen molar-refractivity contribution in [2.75, 3.05) is 12.0 Å². The third-order valence-electron chi connectivity index (χ3n) is 2.34. The molecule has 0 spiro atoms. The van der Waals surface area contributed by atoms with E-state index in [1.807, 2.05) is 0 Å². The van der Waals surface area contributed by atoms with E-state index >= 15 is 0 Å². The monoisotopic (exact) mass is 208 g/mol. The summed E-state index contributed by atoms with van der Waals surface area (Å²) in [5.41, 5.74) is 2.66. The standard InChI is InChI=1S/C8H20N2O2S/c1-4-7(2)8(10-9)5-6-13(3,11)12/h7-8,10H,4-6,9H2,1-3H3. The summed E-state index contributed by atoms with van der Waals surface area (Å²) in [4.78, 5) is 0. The van der Waals surface area contributed by atoms with Crippen molar-refractivity contribution in [3.05, 3.63) is 0 Å². The van der Waals surface area contributed by atoms with Crippen molar-refractivity contribution in [3.63, 3.8) is 0 Å². The van der Waals surface area contributed by atoms with Crippen LogP contribution < -0.4 is 11.3 Å². The lowest BCUT2D eigenvalue weighted by atomic mass is 9.98. The predicted octanol–water partition coefficient (Wildman–Crippen LogP) is 0.299. The second-order valence-corrected chi connectivity index (χ2v) is 5.84. The molecule has 13 heavy (non-hydrogen) atoms. The number of nitrogens with one attached hydrogen (secondary N) is 1. The zero-order valence-corrected chi connectivity index (χ0v) is 9.39. The third-order valence-corrected chi connectivity index (χ3v) is 3.32. The van der Waals surface area contributed by atoms with Gasteiger partial charge in [0.15, 0.2) is 0 Å². The van der Waals surface area contributed by atoms with Gasteiger partial charge in [-0.1, -0.05) is 20.3 Å². The summed E-state index contributed by atoms with van der Waals surface area (Å²) in [7, 11) is -2.87. The predicted molar refractivity (Wildman–Crippen MR) is 54.9 cm³/mol. The summed E-state index contributed by atoms with van der Waals surface area (Å²) in [6, 6.07) is 0.0970. The van der Waals surface area contributed by atoms with Gasteiger partial charge < -0.3 is 0 Å². The molecule has 0 saturated heterocycles. The molecule has 0 fully saturated rings. The fourth-order valence-corrected chi connectivity index (χ4v) is 1.84. The summed E-state index contributed by atoms with van der Waals surface area (Å²) in [6.07, 6.45) is 2.83. The quantitative estimate of drug-likeness (QED) is 0.486. The topological polar surface area (TPSA) is 72.2 Å². The Morgan fingerprint density at radius 2 is 2.00 bits per heavy atom. The number of hydrazine groups is 1. The van der Waals surface area contributed by atoms with Crippen LogP contribution >= 0.6 is 0 Å². The van der Waals surface area contributed by atoms with Gasteiger partial charge >= 0.3 is 0 Å². The summed E-state index contributed by atoms with van der Waals surface area (Å²) in [6.45, 7) is 4.13. The minimum absolute atomic E-state index is 0.0970. The highest BCUT2D eigenvalue weighted by molar-refractivity contribution is 7.90. The summed E-state index contributed by atoms with van der Waals surface area (Å²) >= 11 is 0. The van der Waals surface area contributed by atoms with Crippen LogP contribution in [0.15, 0.2) is 0 Å². The Morgan fingerprint density at radius 3 is 2.31 bits per heavy atom. The molecule has 0 bridgehead atoms. The average molecular weight is 208 g/mol. The fraction of sp³-hybridized carbons (Fsp3) is 1.00. The zero-order chi connectivity index (χ0) is 10.5. The molecular formula is C8H20N2O2S. The van der Waals surface area contributed by atoms with E-state index in [-0.39, 0.29) is 11.8 Å². The van der Waals surface area contributed by atoms with Gasteiger partial charge in [-0.2, -0.15) is 0 Å². The average Bonchev–Trinajstić information content (AvgIpc) is 2.03. The summed E-state index contributed by atoms with van der Waals surface area (Å²) in [5.74, 6) is 5.94. The van der Waals surface area contributed by atoms with Gasteiger partial charge in [-0.25, -0.2) is 8.42 Å². The summed E-state index contributed by atoms with van der Waals surface area (Å²) < 4.78 is 21.8. The Balaban J connectivity index is 4.00. The number of sulfone groups is 1. The molecule has 2 atom stereocenters. The molecule has 0 amide bonds. The molecule has 0 aromatic rings. The molecule has 80 valence electrons. The van der Waals surface area contributed by atoms with Crippen LogP contribution in [0.25, 0.3) is 0 Å². The lowest BCUT2D eigenvalue weighted by Gasteiger charge is -2.21. The maximum atomic E-state index is 10.9. The Morgan fingerprint density at radius 1 is 1.46 bits per heavy atom. The number of rotatable bonds is 6. The molecular weight excluding hydrogens is 188 g/mol. The Labute approximate surface area is 80.8 Å². The Bertz CT molecular complexity index is 226. The highest BCUT2D eigenvalue weighted by Crippen LogP contribution is 2.10. The molecule has 0 heterocycles. The van der Waals surface area contributed by atoms with E-state index in [2.05, 4.69) is 19.3 Å². The largest absolute Gasteiger partial charge is 0.271 e. The SMILES string of the molecule is CCC(C)C(CCS(C)(=O)=O)NN. The van der Waals surface area contributed by atoms with Crippen molar-refractivity contribution in [1.82, 2.24) is 5.43 Å². The maximum absolute atomic E-state index is 10.9. The minimum Gasteiger partial charge on any atom is -0.271 e. The van der Waals surface area contributed by atoms with Crippen LogP contribution in [0.5, 0.6) is 0 Å². The van der Waals surface area contributed by atoms with Crippen molar-refractivity contribution >= 4 is 9.84 Å². The van der Waals surface area contributed by atoms with E-state index < -0.39 is 9.84 Å². The van der Waals surface area contributed by atoms with Crippen LogP contribution in [0.2, 0.25) is 0 Å². The van der Waals surface area contributed by atoms with E-state index in [1.165, 1.54) is 6.26 Å². The van der Waals surface area contributed by atoms with Crippen LogP contribution in [0.4, 0.5) is 0 Å². The molecule has 0 radical (unpaired) electrons. The molecule has 0 aliphatic carbocycles. The Hall–Kier alpha value is -0.130. The van der Waals surface area contributed by atoms with Crippen LogP contribution in [0.3, 0.4) is 0 Å². The van der Waals surface area contributed by atoms with Gasteiger partial charge in [0.05, 0.1) is 5.75 Å². The van der Waals surface area contributed by atoms with E-state index in [0.29, 0.717) is 12.3 Å². The van der Waals surface area contributed by atoms with Crippen LogP contribution in [0.1, 0.15) is 26.7 Å². The van der Waals surface area contributed by atoms with Crippen molar-refractivity contribution in [3.8, 4) is 0 Å². The van der Waals surface area contributed by atoms with E-state index in [9.17, 15) is 8.42 Å². The van der Waals surface area contributed by atoms with Gasteiger partial charge in [0.25, 0.3) is 0 Å². The second kappa shape index (κ2) is 5.57. The van der Waals surface area contributed by atoms with E-state index in [0.717, 1.165) is 6.42 Å². The molecule has 4 nitrogen and oxygen atoms in total. The van der Waals surface area contributed by atoms with Gasteiger partial charge in [0.2, 0.25) is 0 Å². The number of nitrogens with two attached hydrogens (primary N) is 1. The lowest BCUT2D eigenvalue weighted by molar-refractivity contribution is 0.363. The zero-order valence-electron chi connectivity index (χ0n) is 8.58. The van der Waals surface area contributed by atoms with Gasteiger partial charge in [-0.3, -0.25) is 11.3 Å².